The molecule has 5 nitrogen and oxygen atoms in total. The molecule has 0 unspecified atom stereocenters. The number of nitro benzene ring substituents is 1. The quantitative estimate of drug-likeness (QED) is 0.656. The summed E-state index contributed by atoms with van der Waals surface area (Å²) in [6.07, 6.45) is 0. The Morgan fingerprint density at radius 2 is 1.95 bits per heavy atom. The first kappa shape index (κ1) is 12.8. The van der Waals surface area contributed by atoms with Gasteiger partial charge in [0.1, 0.15) is 11.4 Å². The smallest absolute Gasteiger partial charge is 0.295 e. The number of benzene rings is 2. The van der Waals surface area contributed by atoms with Crippen LogP contribution in [0.3, 0.4) is 0 Å². The Bertz CT molecular complexity index is 617. The summed E-state index contributed by atoms with van der Waals surface area (Å²) in [5.41, 5.74) is 0.00576. The SMILES string of the molecule is O=[N+]([O-])c1cccc(F)c1NCc1ccccc1O. The second-order valence-corrected chi connectivity index (χ2v) is 3.87. The third kappa shape index (κ3) is 2.79. The van der Waals surface area contributed by atoms with Crippen LogP contribution in [0.15, 0.2) is 42.5 Å². The molecule has 2 N–H and O–H groups in total. The largest absolute Gasteiger partial charge is 0.508 e. The standard InChI is InChI=1S/C13H11FN2O3/c14-10-5-3-6-11(16(18)19)13(10)15-8-9-4-1-2-7-12(9)17/h1-7,15,17H,8H2. The third-order valence-corrected chi connectivity index (χ3v) is 2.64. The number of nitrogens with one attached hydrogen (secondary N) is 1. The average molecular weight is 262 g/mol. The van der Waals surface area contributed by atoms with Gasteiger partial charge in [-0.15, -0.1) is 0 Å². The molecule has 2 aromatic rings. The van der Waals surface area contributed by atoms with Crippen LogP contribution in [0, 0.1) is 15.9 Å². The third-order valence-electron chi connectivity index (χ3n) is 2.64. The number of nitro groups is 1. The van der Waals surface area contributed by atoms with Crippen LogP contribution in [-0.4, -0.2) is 10.0 Å². The maximum absolute atomic E-state index is 13.6. The lowest BCUT2D eigenvalue weighted by atomic mass is 10.2. The van der Waals surface area contributed by atoms with Crippen molar-refractivity contribution in [1.82, 2.24) is 0 Å². The van der Waals surface area contributed by atoms with E-state index < -0.39 is 10.7 Å². The molecule has 0 bridgehead atoms. The van der Waals surface area contributed by atoms with E-state index in [1.54, 1.807) is 18.2 Å². The minimum atomic E-state index is -0.704. The van der Waals surface area contributed by atoms with Crippen molar-refractivity contribution < 1.29 is 14.4 Å². The van der Waals surface area contributed by atoms with Crippen molar-refractivity contribution in [3.63, 3.8) is 0 Å². The first-order valence-electron chi connectivity index (χ1n) is 5.53. The molecule has 0 aromatic heterocycles. The maximum Gasteiger partial charge on any atom is 0.295 e. The molecule has 0 atom stereocenters. The minimum absolute atomic E-state index is 0.0500. The predicted octanol–water partition coefficient (Wildman–Crippen LogP) is 3.05. The number of hydrogen-bond donors (Lipinski definition) is 2. The highest BCUT2D eigenvalue weighted by Crippen LogP contribution is 2.28. The van der Waals surface area contributed by atoms with Crippen molar-refractivity contribution in [1.29, 1.82) is 0 Å². The van der Waals surface area contributed by atoms with Crippen LogP contribution in [0.4, 0.5) is 15.8 Å². The fourth-order valence-electron chi connectivity index (χ4n) is 1.68. The van der Waals surface area contributed by atoms with Crippen LogP contribution in [0.5, 0.6) is 5.75 Å². The molecule has 0 saturated carbocycles. The van der Waals surface area contributed by atoms with Crippen molar-refractivity contribution in [2.75, 3.05) is 5.32 Å². The highest BCUT2D eigenvalue weighted by molar-refractivity contribution is 5.62. The summed E-state index contributed by atoms with van der Waals surface area (Å²) in [7, 11) is 0. The van der Waals surface area contributed by atoms with E-state index in [-0.39, 0.29) is 23.7 Å². The fraction of sp³-hybridized carbons (Fsp3) is 0.0769. The Morgan fingerprint density at radius 3 is 2.63 bits per heavy atom. The lowest BCUT2D eigenvalue weighted by Crippen LogP contribution is -2.04. The summed E-state index contributed by atoms with van der Waals surface area (Å²) in [6.45, 7) is 0.0917. The summed E-state index contributed by atoms with van der Waals surface area (Å²) in [5.74, 6) is -0.654. The number of nitrogens with zero attached hydrogens (tertiary/aromatic N) is 1. The molecule has 98 valence electrons. The molecule has 2 aromatic carbocycles. The number of para-hydroxylation sites is 2. The molecule has 19 heavy (non-hydrogen) atoms. The van der Waals surface area contributed by atoms with Gasteiger partial charge < -0.3 is 10.4 Å². The summed E-state index contributed by atoms with van der Waals surface area (Å²) in [6, 6.07) is 10.1. The molecule has 0 aliphatic heterocycles. The van der Waals surface area contributed by atoms with Crippen LogP contribution in [0.1, 0.15) is 5.56 Å². The van der Waals surface area contributed by atoms with Gasteiger partial charge in [0.2, 0.25) is 0 Å². The van der Waals surface area contributed by atoms with Gasteiger partial charge in [-0.1, -0.05) is 24.3 Å². The second kappa shape index (κ2) is 5.34. The molecule has 0 saturated heterocycles. The second-order valence-electron chi connectivity index (χ2n) is 3.87. The van der Waals surface area contributed by atoms with E-state index in [9.17, 15) is 19.6 Å². The Morgan fingerprint density at radius 1 is 1.21 bits per heavy atom. The maximum atomic E-state index is 13.6. The molecule has 0 radical (unpaired) electrons. The highest BCUT2D eigenvalue weighted by Gasteiger charge is 2.17. The molecule has 0 spiro atoms. The van der Waals surface area contributed by atoms with Crippen LogP contribution in [0.25, 0.3) is 0 Å². The van der Waals surface area contributed by atoms with Gasteiger partial charge in [-0.25, -0.2) is 4.39 Å². The Hall–Kier alpha value is -2.63. The summed E-state index contributed by atoms with van der Waals surface area (Å²) in [5, 5.41) is 23.0. The lowest BCUT2D eigenvalue weighted by Gasteiger charge is -2.09. The van der Waals surface area contributed by atoms with E-state index in [2.05, 4.69) is 5.32 Å². The van der Waals surface area contributed by atoms with E-state index in [4.69, 9.17) is 0 Å². The van der Waals surface area contributed by atoms with Crippen molar-refractivity contribution in [2.24, 2.45) is 0 Å². The molecular formula is C13H11FN2O3. The van der Waals surface area contributed by atoms with E-state index in [1.165, 1.54) is 18.2 Å². The topological polar surface area (TPSA) is 75.4 Å². The first-order chi connectivity index (χ1) is 9.09. The summed E-state index contributed by atoms with van der Waals surface area (Å²) in [4.78, 5) is 10.1. The summed E-state index contributed by atoms with van der Waals surface area (Å²) < 4.78 is 13.6. The lowest BCUT2D eigenvalue weighted by molar-refractivity contribution is -0.384. The normalized spacial score (nSPS) is 10.2. The molecule has 6 heteroatoms. The van der Waals surface area contributed by atoms with Crippen LogP contribution in [0.2, 0.25) is 0 Å². The van der Waals surface area contributed by atoms with Gasteiger partial charge in [0.05, 0.1) is 4.92 Å². The van der Waals surface area contributed by atoms with Crippen molar-refractivity contribution in [2.45, 2.75) is 6.54 Å². The molecule has 0 heterocycles. The van der Waals surface area contributed by atoms with E-state index in [1.807, 2.05) is 0 Å². The minimum Gasteiger partial charge on any atom is -0.508 e. The predicted molar refractivity (Wildman–Crippen MR) is 68.5 cm³/mol. The van der Waals surface area contributed by atoms with E-state index in [0.717, 1.165) is 6.07 Å². The van der Waals surface area contributed by atoms with Gasteiger partial charge in [0.25, 0.3) is 5.69 Å². The first-order valence-corrected chi connectivity index (χ1v) is 5.53. The van der Waals surface area contributed by atoms with E-state index in [0.29, 0.717) is 5.56 Å². The number of phenols is 1. The number of halogens is 1. The van der Waals surface area contributed by atoms with Gasteiger partial charge in [-0.2, -0.15) is 0 Å². The number of phenolic OH excluding ortho intramolecular Hbond substituents is 1. The van der Waals surface area contributed by atoms with Crippen LogP contribution in [-0.2, 0) is 6.54 Å². The highest BCUT2D eigenvalue weighted by atomic mass is 19.1. The molecule has 0 aliphatic carbocycles. The number of anilines is 1. The average Bonchev–Trinajstić information content (AvgIpc) is 2.38. The van der Waals surface area contributed by atoms with Crippen molar-refractivity contribution >= 4 is 11.4 Å². The summed E-state index contributed by atoms with van der Waals surface area (Å²) >= 11 is 0. The molecule has 2 rings (SSSR count). The molecule has 0 fully saturated rings. The van der Waals surface area contributed by atoms with E-state index >= 15 is 0 Å². The molecule has 0 aliphatic rings. The molecule has 0 amide bonds. The van der Waals surface area contributed by atoms with Gasteiger partial charge >= 0.3 is 0 Å². The van der Waals surface area contributed by atoms with Gasteiger partial charge in [0, 0.05) is 18.2 Å². The van der Waals surface area contributed by atoms with Crippen molar-refractivity contribution in [3.05, 3.63) is 64.0 Å². The van der Waals surface area contributed by atoms with Crippen LogP contribution < -0.4 is 5.32 Å². The fourth-order valence-corrected chi connectivity index (χ4v) is 1.68. The molecular weight excluding hydrogens is 251 g/mol. The van der Waals surface area contributed by atoms with Crippen molar-refractivity contribution in [3.8, 4) is 5.75 Å². The monoisotopic (exact) mass is 262 g/mol. The zero-order valence-electron chi connectivity index (χ0n) is 9.84. The Balaban J connectivity index is 2.25. The zero-order valence-corrected chi connectivity index (χ0v) is 9.84. The van der Waals surface area contributed by atoms with Gasteiger partial charge in [-0.3, -0.25) is 10.1 Å². The number of hydrogen-bond acceptors (Lipinski definition) is 4. The number of aromatic hydroxyl groups is 1. The number of rotatable bonds is 4. The van der Waals surface area contributed by atoms with Gasteiger partial charge in [-0.05, 0) is 12.1 Å². The van der Waals surface area contributed by atoms with Crippen LogP contribution >= 0.6 is 0 Å². The Labute approximate surface area is 108 Å². The Kier molecular flexibility index (Phi) is 3.61. The van der Waals surface area contributed by atoms with Gasteiger partial charge in [0.15, 0.2) is 5.82 Å². The zero-order chi connectivity index (χ0) is 13.8.